The molecule has 0 spiro atoms. The van der Waals surface area contributed by atoms with Gasteiger partial charge < -0.3 is 4.52 Å². The summed E-state index contributed by atoms with van der Waals surface area (Å²) in [5, 5.41) is 6.30. The van der Waals surface area contributed by atoms with Crippen LogP contribution in [0.25, 0.3) is 0 Å². The molecular weight excluding hydrogens is 360 g/mol. The van der Waals surface area contributed by atoms with Gasteiger partial charge in [0.15, 0.2) is 5.82 Å². The number of carbonyl (C=O) groups excluding carboxylic acids is 1. The Bertz CT molecular complexity index is 659. The van der Waals surface area contributed by atoms with Crippen LogP contribution in [-0.4, -0.2) is 34.0 Å². The number of aromatic nitrogens is 2. The molecule has 0 saturated carbocycles. The van der Waals surface area contributed by atoms with E-state index in [1.54, 1.807) is 6.92 Å². The summed E-state index contributed by atoms with van der Waals surface area (Å²) in [6.07, 6.45) is 0.960. The highest BCUT2D eigenvalue weighted by atomic mass is 79.9. The van der Waals surface area contributed by atoms with Crippen LogP contribution < -0.4 is 5.32 Å². The molecule has 0 unspecified atom stereocenters. The average molecular weight is 381 g/mol. The largest absolute Gasteiger partial charge is 0.328 e. The van der Waals surface area contributed by atoms with E-state index in [0.717, 1.165) is 23.0 Å². The number of benzene rings is 1. The van der Waals surface area contributed by atoms with E-state index in [-0.39, 0.29) is 24.5 Å². The van der Waals surface area contributed by atoms with Gasteiger partial charge in [-0.25, -0.2) is 0 Å². The maximum absolute atomic E-state index is 12.2. The minimum absolute atomic E-state index is 0.112. The number of nitrogens with one attached hydrogen (secondary N) is 1. The molecule has 0 aliphatic carbocycles. The van der Waals surface area contributed by atoms with Gasteiger partial charge in [0.25, 0.3) is 0 Å². The molecule has 7 heteroatoms. The number of carbonyl (C=O) groups is 1. The van der Waals surface area contributed by atoms with E-state index in [1.165, 1.54) is 0 Å². The fraction of sp³-hybridized carbons (Fsp3) is 0.438. The van der Waals surface area contributed by atoms with Gasteiger partial charge in [-0.2, -0.15) is 4.98 Å². The Hall–Kier alpha value is -1.73. The van der Waals surface area contributed by atoms with Crippen molar-refractivity contribution in [1.82, 2.24) is 15.0 Å². The summed E-state index contributed by atoms with van der Waals surface area (Å²) in [5.41, 5.74) is 1.15. The lowest BCUT2D eigenvalue weighted by molar-refractivity contribution is -0.118. The van der Waals surface area contributed by atoms with Gasteiger partial charge in [-0.05, 0) is 38.4 Å². The van der Waals surface area contributed by atoms with Gasteiger partial charge in [-0.15, -0.1) is 0 Å². The van der Waals surface area contributed by atoms with Crippen molar-refractivity contribution in [2.75, 3.05) is 18.4 Å². The van der Waals surface area contributed by atoms with Crippen LogP contribution in [0.1, 0.15) is 37.7 Å². The molecule has 6 nitrogen and oxygen atoms in total. The highest BCUT2D eigenvalue weighted by Gasteiger charge is 2.20. The molecule has 0 fully saturated rings. The van der Waals surface area contributed by atoms with Crippen LogP contribution in [0.4, 0.5) is 6.01 Å². The Morgan fingerprint density at radius 1 is 1.43 bits per heavy atom. The maximum Gasteiger partial charge on any atom is 0.328 e. The molecule has 1 amide bonds. The van der Waals surface area contributed by atoms with E-state index in [1.807, 2.05) is 18.2 Å². The first kappa shape index (κ1) is 17.6. The Kier molecular flexibility index (Phi) is 6.29. The van der Waals surface area contributed by atoms with E-state index in [2.05, 4.69) is 56.2 Å². The van der Waals surface area contributed by atoms with E-state index in [9.17, 15) is 4.79 Å². The first-order valence-electron chi connectivity index (χ1n) is 7.60. The maximum atomic E-state index is 12.2. The molecule has 23 heavy (non-hydrogen) atoms. The molecule has 0 radical (unpaired) electrons. The van der Waals surface area contributed by atoms with Crippen molar-refractivity contribution >= 4 is 27.9 Å². The van der Waals surface area contributed by atoms with Gasteiger partial charge in [0.1, 0.15) is 0 Å². The summed E-state index contributed by atoms with van der Waals surface area (Å²) < 4.78 is 5.96. The molecule has 1 aromatic heterocycles. The smallest absolute Gasteiger partial charge is 0.315 e. The number of hydrogen-bond donors (Lipinski definition) is 1. The van der Waals surface area contributed by atoms with Crippen molar-refractivity contribution in [3.63, 3.8) is 0 Å². The molecule has 0 saturated heterocycles. The summed E-state index contributed by atoms with van der Waals surface area (Å²) in [5.74, 6) is 0.327. The number of anilines is 1. The van der Waals surface area contributed by atoms with Gasteiger partial charge in [-0.3, -0.25) is 15.0 Å². The van der Waals surface area contributed by atoms with Gasteiger partial charge >= 0.3 is 6.01 Å². The zero-order valence-corrected chi connectivity index (χ0v) is 15.1. The monoisotopic (exact) mass is 380 g/mol. The lowest BCUT2D eigenvalue weighted by Crippen LogP contribution is -2.36. The van der Waals surface area contributed by atoms with Crippen molar-refractivity contribution < 1.29 is 9.32 Å². The second-order valence-corrected chi connectivity index (χ2v) is 6.22. The molecule has 1 aromatic carbocycles. The third kappa shape index (κ3) is 4.87. The highest BCUT2D eigenvalue weighted by Crippen LogP contribution is 2.27. The molecule has 0 aliphatic rings. The number of nitrogens with zero attached hydrogens (tertiary/aromatic N) is 3. The summed E-state index contributed by atoms with van der Waals surface area (Å²) in [7, 11) is 0. The van der Waals surface area contributed by atoms with Crippen molar-refractivity contribution in [3.05, 3.63) is 40.1 Å². The van der Waals surface area contributed by atoms with Crippen molar-refractivity contribution in [1.29, 1.82) is 0 Å². The van der Waals surface area contributed by atoms with Crippen molar-refractivity contribution in [2.45, 2.75) is 33.2 Å². The number of amides is 1. The van der Waals surface area contributed by atoms with E-state index in [4.69, 9.17) is 4.52 Å². The summed E-state index contributed by atoms with van der Waals surface area (Å²) in [6, 6.07) is 8.31. The third-order valence-electron chi connectivity index (χ3n) is 3.53. The van der Waals surface area contributed by atoms with Crippen LogP contribution in [0.2, 0.25) is 0 Å². The Labute approximate surface area is 144 Å². The second-order valence-electron chi connectivity index (χ2n) is 5.36. The zero-order chi connectivity index (χ0) is 16.8. The van der Waals surface area contributed by atoms with Crippen molar-refractivity contribution in [3.8, 4) is 0 Å². The predicted molar refractivity (Wildman–Crippen MR) is 92.1 cm³/mol. The predicted octanol–water partition coefficient (Wildman–Crippen LogP) is 3.55. The average Bonchev–Trinajstić information content (AvgIpc) is 2.91. The van der Waals surface area contributed by atoms with E-state index >= 15 is 0 Å². The molecule has 1 atom stereocenters. The zero-order valence-electron chi connectivity index (χ0n) is 13.5. The minimum Gasteiger partial charge on any atom is -0.315 e. The summed E-state index contributed by atoms with van der Waals surface area (Å²) in [4.78, 5) is 18.3. The summed E-state index contributed by atoms with van der Waals surface area (Å²) >= 11 is 3.58. The van der Waals surface area contributed by atoms with Crippen LogP contribution in [0.5, 0.6) is 0 Å². The third-order valence-corrected chi connectivity index (χ3v) is 4.26. The molecule has 1 N–H and O–H groups in total. The SMILES string of the molecule is CCCN(CC(=O)Nc1nc(C)no1)[C@@H](C)c1ccccc1Br. The molecule has 0 bridgehead atoms. The Morgan fingerprint density at radius 2 is 2.17 bits per heavy atom. The number of halogens is 1. The van der Waals surface area contributed by atoms with Crippen LogP contribution in [-0.2, 0) is 4.79 Å². The van der Waals surface area contributed by atoms with Crippen molar-refractivity contribution in [2.24, 2.45) is 0 Å². The molecule has 0 aliphatic heterocycles. The topological polar surface area (TPSA) is 71.3 Å². The van der Waals surface area contributed by atoms with Crippen LogP contribution in [0.3, 0.4) is 0 Å². The fourth-order valence-electron chi connectivity index (χ4n) is 2.40. The lowest BCUT2D eigenvalue weighted by atomic mass is 10.1. The number of rotatable bonds is 7. The minimum atomic E-state index is -0.166. The quantitative estimate of drug-likeness (QED) is 0.794. The fourth-order valence-corrected chi connectivity index (χ4v) is 3.01. The van der Waals surface area contributed by atoms with E-state index < -0.39 is 0 Å². The van der Waals surface area contributed by atoms with Gasteiger partial charge in [0.05, 0.1) is 6.54 Å². The number of aryl methyl sites for hydroxylation is 1. The van der Waals surface area contributed by atoms with Crippen LogP contribution in [0.15, 0.2) is 33.3 Å². The molecule has 2 aromatic rings. The van der Waals surface area contributed by atoms with Gasteiger partial charge in [-0.1, -0.05) is 46.2 Å². The normalized spacial score (nSPS) is 12.4. The Morgan fingerprint density at radius 3 is 2.78 bits per heavy atom. The van der Waals surface area contributed by atoms with E-state index in [0.29, 0.717) is 5.82 Å². The number of hydrogen-bond acceptors (Lipinski definition) is 5. The molecule has 124 valence electrons. The summed E-state index contributed by atoms with van der Waals surface area (Å²) in [6.45, 7) is 6.98. The molecule has 2 rings (SSSR count). The Balaban J connectivity index is 2.05. The first-order chi connectivity index (χ1) is 11.0. The molecular formula is C16H21BrN4O2. The second kappa shape index (κ2) is 8.21. The standard InChI is InChI=1S/C16H21BrN4O2/c1-4-9-21(11(2)13-7-5-6-8-14(13)17)10-15(22)19-16-18-12(3)20-23-16/h5-8,11H,4,9-10H2,1-3H3,(H,18,19,20,22)/t11-/m0/s1. The van der Waals surface area contributed by atoms with Gasteiger partial charge in [0.2, 0.25) is 5.91 Å². The lowest BCUT2D eigenvalue weighted by Gasteiger charge is -2.29. The first-order valence-corrected chi connectivity index (χ1v) is 8.39. The van der Waals surface area contributed by atoms with Crippen LogP contribution in [0, 0.1) is 6.92 Å². The highest BCUT2D eigenvalue weighted by molar-refractivity contribution is 9.10. The van der Waals surface area contributed by atoms with Gasteiger partial charge in [0, 0.05) is 10.5 Å². The van der Waals surface area contributed by atoms with Crippen LogP contribution >= 0.6 is 15.9 Å². The molecule has 1 heterocycles.